The Balaban J connectivity index is 1.43. The van der Waals surface area contributed by atoms with Crippen LogP contribution in [0, 0.1) is 20.8 Å². The van der Waals surface area contributed by atoms with E-state index in [1.165, 1.54) is 0 Å². The maximum atomic E-state index is 13.0. The van der Waals surface area contributed by atoms with Gasteiger partial charge in [-0.3, -0.25) is 30.2 Å². The third-order valence-corrected chi connectivity index (χ3v) is 10.3. The highest BCUT2D eigenvalue weighted by Crippen LogP contribution is 2.27. The van der Waals surface area contributed by atoms with Gasteiger partial charge in [0.15, 0.2) is 0 Å². The average Bonchev–Trinajstić information content (AvgIpc) is 3.21. The Kier molecular flexibility index (Phi) is 17.6. The van der Waals surface area contributed by atoms with Gasteiger partial charge in [0, 0.05) is 54.8 Å². The van der Waals surface area contributed by atoms with E-state index >= 15 is 0 Å². The quantitative estimate of drug-likeness (QED) is 0.0452. The lowest BCUT2D eigenvalue weighted by atomic mass is 9.93. The molecular formula is C43H61N11O4. The summed E-state index contributed by atoms with van der Waals surface area (Å²) in [6.07, 6.45) is 7.65. The Morgan fingerprint density at radius 1 is 0.655 bits per heavy atom. The molecule has 15 nitrogen and oxygen atoms in total. The molecule has 0 fully saturated rings. The number of carbonyl (C=O) groups is 2. The molecule has 2 unspecified atom stereocenters. The van der Waals surface area contributed by atoms with E-state index in [4.69, 9.17) is 0 Å². The lowest BCUT2D eigenvalue weighted by Crippen LogP contribution is -2.41. The van der Waals surface area contributed by atoms with Gasteiger partial charge in [-0.25, -0.2) is 19.6 Å². The Hall–Kier alpha value is -5.86. The zero-order valence-electron chi connectivity index (χ0n) is 35.1. The van der Waals surface area contributed by atoms with Crippen molar-refractivity contribution in [1.29, 1.82) is 0 Å². The van der Waals surface area contributed by atoms with Gasteiger partial charge >= 0.3 is 12.1 Å². The zero-order valence-corrected chi connectivity index (χ0v) is 35.1. The van der Waals surface area contributed by atoms with Crippen molar-refractivity contribution in [1.82, 2.24) is 30.6 Å². The van der Waals surface area contributed by atoms with Gasteiger partial charge in [0.1, 0.15) is 0 Å². The predicted octanol–water partition coefficient (Wildman–Crippen LogP) is 9.01. The van der Waals surface area contributed by atoms with Gasteiger partial charge in [0.05, 0.1) is 22.8 Å². The topological polar surface area (TPSA) is 202 Å². The van der Waals surface area contributed by atoms with Crippen molar-refractivity contribution in [3.05, 3.63) is 97.3 Å². The minimum Gasteiger partial charge on any atom is -0.368 e. The normalized spacial score (nSPS) is 12.3. The lowest BCUT2D eigenvalue weighted by Gasteiger charge is -2.25. The summed E-state index contributed by atoms with van der Waals surface area (Å²) in [4.78, 5) is 68.3. The number of aromatic amines is 2. The molecule has 2 aromatic carbocycles. The van der Waals surface area contributed by atoms with Crippen LogP contribution in [0.15, 0.2) is 68.3 Å². The molecule has 2 aromatic heterocycles. The number of unbranched alkanes of at least 4 members (excludes halogenated alkanes) is 2. The number of anilines is 3. The number of hydrogen-bond acceptors (Lipinski definition) is 9. The minimum atomic E-state index is -0.511. The number of urea groups is 2. The van der Waals surface area contributed by atoms with Gasteiger partial charge in [0.2, 0.25) is 11.9 Å². The maximum Gasteiger partial charge on any atom is 0.321 e. The third kappa shape index (κ3) is 13.4. The van der Waals surface area contributed by atoms with E-state index < -0.39 is 12.1 Å². The summed E-state index contributed by atoms with van der Waals surface area (Å²) in [6, 6.07) is 14.3. The fourth-order valence-electron chi connectivity index (χ4n) is 6.72. The fourth-order valence-corrected chi connectivity index (χ4v) is 6.72. The van der Waals surface area contributed by atoms with E-state index in [-0.39, 0.29) is 47.9 Å². The number of nitrogens with one attached hydrogen (secondary N) is 6. The number of amides is 4. The van der Waals surface area contributed by atoms with Crippen LogP contribution in [0.25, 0.3) is 0 Å². The summed E-state index contributed by atoms with van der Waals surface area (Å²) in [7, 11) is 0. The van der Waals surface area contributed by atoms with Gasteiger partial charge in [0.25, 0.3) is 11.1 Å². The molecule has 0 saturated carbocycles. The number of nitrogens with zero attached hydrogens (tertiary/aromatic N) is 5. The van der Waals surface area contributed by atoms with Crippen molar-refractivity contribution >= 4 is 41.0 Å². The van der Waals surface area contributed by atoms with Crippen LogP contribution < -0.4 is 37.3 Å². The van der Waals surface area contributed by atoms with E-state index in [9.17, 15) is 19.2 Å². The van der Waals surface area contributed by atoms with E-state index in [2.05, 4.69) is 79.1 Å². The second kappa shape index (κ2) is 22.8. The smallest absolute Gasteiger partial charge is 0.321 e. The molecule has 0 aliphatic heterocycles. The summed E-state index contributed by atoms with van der Waals surface area (Å²) in [5, 5.41) is 19.8. The van der Waals surface area contributed by atoms with E-state index in [1.807, 2.05) is 60.4 Å². The molecule has 312 valence electrons. The maximum absolute atomic E-state index is 13.0. The van der Waals surface area contributed by atoms with Crippen LogP contribution in [-0.4, -0.2) is 58.2 Å². The molecule has 0 aliphatic carbocycles. The number of benzene rings is 2. The van der Waals surface area contributed by atoms with Crippen LogP contribution in [0.3, 0.4) is 0 Å². The zero-order chi connectivity index (χ0) is 42.0. The number of aromatic nitrogens is 4. The Morgan fingerprint density at radius 2 is 1.07 bits per heavy atom. The molecule has 2 atom stereocenters. The Bertz CT molecular complexity index is 1980. The summed E-state index contributed by atoms with van der Waals surface area (Å²) in [5.74, 6) is 0.455. The van der Waals surface area contributed by atoms with E-state index in [0.29, 0.717) is 41.3 Å². The molecule has 0 bridgehead atoms. The highest BCUT2D eigenvalue weighted by Gasteiger charge is 2.19. The largest absolute Gasteiger partial charge is 0.368 e. The number of carbonyl (C=O) groups excluding carboxylic acids is 2. The van der Waals surface area contributed by atoms with Crippen LogP contribution >= 0.6 is 0 Å². The summed E-state index contributed by atoms with van der Waals surface area (Å²) in [5.41, 5.74) is 5.38. The number of H-pyrrole nitrogens is 2. The van der Waals surface area contributed by atoms with E-state index in [1.54, 1.807) is 13.8 Å². The summed E-state index contributed by atoms with van der Waals surface area (Å²) in [6.45, 7) is 15.2. The standard InChI is InChI=1S/C43H61N11O4/c1-8-12-14-31(10-3)36-29(6)38(55)48-40(46-36)50-42(57)44-24-26-54(35-22-20-34(21-23-35)53-52-33-18-16-28(5)17-19-33)27-25-45-43(58)51-41-47-37(30(7)39(56)49-41)32(11-4)15-13-9-2/h16-23,31-32H,8-15,24-27H2,1-7H3,(H3,44,46,48,50,55,57)(H3,45,47,49,51,56,58). The van der Waals surface area contributed by atoms with Crippen LogP contribution in [0.4, 0.5) is 38.5 Å². The molecule has 0 aliphatic rings. The second-order valence-electron chi connectivity index (χ2n) is 14.6. The molecule has 0 radical (unpaired) electrons. The molecule has 4 amide bonds. The first kappa shape index (κ1) is 44.8. The van der Waals surface area contributed by atoms with Gasteiger partial charge < -0.3 is 15.5 Å². The van der Waals surface area contributed by atoms with Gasteiger partial charge in [-0.15, -0.1) is 0 Å². The van der Waals surface area contributed by atoms with Gasteiger partial charge in [-0.2, -0.15) is 10.2 Å². The van der Waals surface area contributed by atoms with E-state index in [0.717, 1.165) is 68.3 Å². The lowest BCUT2D eigenvalue weighted by molar-refractivity contribution is 0.251. The molecule has 58 heavy (non-hydrogen) atoms. The van der Waals surface area contributed by atoms with Gasteiger partial charge in [-0.05, 0) is 82.9 Å². The van der Waals surface area contributed by atoms with Crippen molar-refractivity contribution in [2.24, 2.45) is 10.2 Å². The number of aryl methyl sites for hydroxylation is 1. The molecule has 2 heterocycles. The van der Waals surface area contributed by atoms with Crippen molar-refractivity contribution < 1.29 is 9.59 Å². The Morgan fingerprint density at radius 3 is 1.47 bits per heavy atom. The molecule has 4 rings (SSSR count). The molecular weight excluding hydrogens is 735 g/mol. The summed E-state index contributed by atoms with van der Waals surface area (Å²) >= 11 is 0. The summed E-state index contributed by atoms with van der Waals surface area (Å²) < 4.78 is 0. The van der Waals surface area contributed by atoms with Crippen molar-refractivity contribution in [3.8, 4) is 0 Å². The van der Waals surface area contributed by atoms with Crippen LogP contribution in [0.1, 0.15) is 119 Å². The highest BCUT2D eigenvalue weighted by molar-refractivity contribution is 5.87. The average molecular weight is 796 g/mol. The van der Waals surface area contributed by atoms with Crippen LogP contribution in [0.2, 0.25) is 0 Å². The molecule has 4 aromatic rings. The molecule has 15 heteroatoms. The first-order valence-electron chi connectivity index (χ1n) is 20.6. The highest BCUT2D eigenvalue weighted by atomic mass is 16.2. The van der Waals surface area contributed by atoms with Crippen molar-refractivity contribution in [2.45, 2.75) is 112 Å². The SMILES string of the molecule is CCCCC(CC)c1nc(NC(=O)NCCN(CCNC(=O)Nc2nc(C(CC)CCCC)c(C)c(=O)[nH]2)c2ccc(N=Nc3ccc(C)cc3)cc2)[nH]c(=O)c1C. The number of rotatable bonds is 21. The van der Waals surface area contributed by atoms with Gasteiger partial charge in [-0.1, -0.05) is 71.1 Å². The first-order chi connectivity index (χ1) is 28.0. The first-order valence-corrected chi connectivity index (χ1v) is 20.6. The molecule has 0 spiro atoms. The minimum absolute atomic E-state index is 0.100. The van der Waals surface area contributed by atoms with Crippen molar-refractivity contribution in [3.63, 3.8) is 0 Å². The van der Waals surface area contributed by atoms with Crippen LogP contribution in [-0.2, 0) is 0 Å². The number of azo groups is 1. The number of hydrogen-bond donors (Lipinski definition) is 6. The second-order valence-corrected chi connectivity index (χ2v) is 14.6. The third-order valence-electron chi connectivity index (χ3n) is 10.3. The predicted molar refractivity (Wildman–Crippen MR) is 232 cm³/mol. The monoisotopic (exact) mass is 795 g/mol. The van der Waals surface area contributed by atoms with Crippen molar-refractivity contribution in [2.75, 3.05) is 41.7 Å². The fraction of sp³-hybridized carbons (Fsp3) is 0.488. The van der Waals surface area contributed by atoms with Crippen LogP contribution in [0.5, 0.6) is 0 Å². The molecule has 6 N–H and O–H groups in total. The Labute approximate surface area is 341 Å². The molecule has 0 saturated heterocycles.